The second kappa shape index (κ2) is 5.73. The molecule has 0 radical (unpaired) electrons. The Hall–Kier alpha value is -3.28. The number of methoxy groups -OCH3 is 1. The molecule has 3 rings (SSSR count). The Morgan fingerprint density at radius 1 is 1.04 bits per heavy atom. The van der Waals surface area contributed by atoms with Crippen molar-refractivity contribution in [2.45, 2.75) is 5.60 Å². The monoisotopic (exact) mass is 326 g/mol. The van der Waals surface area contributed by atoms with Crippen molar-refractivity contribution in [3.05, 3.63) is 71.5 Å². The third kappa shape index (κ3) is 2.20. The molecule has 0 aliphatic carbocycles. The van der Waals surface area contributed by atoms with E-state index in [0.717, 1.165) is 0 Å². The van der Waals surface area contributed by atoms with Crippen LogP contribution in [0.3, 0.4) is 0 Å². The summed E-state index contributed by atoms with van der Waals surface area (Å²) in [6.07, 6.45) is 0. The highest BCUT2D eigenvalue weighted by atomic mass is 16.6. The lowest BCUT2D eigenvalue weighted by Crippen LogP contribution is -2.39. The fraction of sp³-hybridized carbons (Fsp3) is 0.111. The summed E-state index contributed by atoms with van der Waals surface area (Å²) in [5.74, 6) is -2.52. The molecule has 6 heteroatoms. The summed E-state index contributed by atoms with van der Waals surface area (Å²) in [6.45, 7) is 0. The fourth-order valence-corrected chi connectivity index (χ4v) is 2.76. The minimum atomic E-state index is -1.91. The molecule has 1 atom stereocenters. The topological polar surface area (TPSA) is 93.1 Å². The second-order valence-electron chi connectivity index (χ2n) is 5.20. The van der Waals surface area contributed by atoms with Crippen LogP contribution >= 0.6 is 0 Å². The van der Waals surface area contributed by atoms with Gasteiger partial charge in [-0.05, 0) is 17.7 Å². The van der Waals surface area contributed by atoms with Crippen LogP contribution in [0.1, 0.15) is 11.1 Å². The normalized spacial score (nSPS) is 20.0. The first-order chi connectivity index (χ1) is 11.5. The van der Waals surface area contributed by atoms with Crippen LogP contribution in [0.5, 0.6) is 5.75 Å². The van der Waals surface area contributed by atoms with Crippen molar-refractivity contribution in [3.8, 4) is 5.75 Å². The lowest BCUT2D eigenvalue weighted by atomic mass is 9.82. The zero-order chi connectivity index (χ0) is 17.3. The maximum absolute atomic E-state index is 12.6. The zero-order valence-electron chi connectivity index (χ0n) is 12.7. The average molecular weight is 326 g/mol. The van der Waals surface area contributed by atoms with Gasteiger partial charge in [0.2, 0.25) is 5.76 Å². The van der Waals surface area contributed by atoms with Gasteiger partial charge >= 0.3 is 11.9 Å². The van der Waals surface area contributed by atoms with Crippen LogP contribution in [-0.4, -0.2) is 29.3 Å². The highest BCUT2D eigenvalue weighted by Gasteiger charge is 2.57. The highest BCUT2D eigenvalue weighted by molar-refractivity contribution is 6.11. The van der Waals surface area contributed by atoms with Crippen LogP contribution < -0.4 is 0 Å². The number of rotatable bonds is 3. The third-order valence-corrected chi connectivity index (χ3v) is 3.84. The Kier molecular flexibility index (Phi) is 3.73. The highest BCUT2D eigenvalue weighted by Crippen LogP contribution is 2.47. The lowest BCUT2D eigenvalue weighted by Gasteiger charge is -2.28. The van der Waals surface area contributed by atoms with Gasteiger partial charge in [0.05, 0.1) is 12.7 Å². The molecule has 0 bridgehead atoms. The minimum absolute atomic E-state index is 0.00691. The molecule has 2 aromatic rings. The summed E-state index contributed by atoms with van der Waals surface area (Å²) < 4.78 is 10.2. The standard InChI is InChI=1S/C18H14O6/c1-23-17(22)18(12-5-3-2-4-6-12)14(15(20)16(21)24-18)11-7-9-13(19)10-8-11/h2-10,19-20H,1H3. The van der Waals surface area contributed by atoms with Crippen molar-refractivity contribution >= 4 is 17.5 Å². The largest absolute Gasteiger partial charge is 0.508 e. The molecule has 122 valence electrons. The fourth-order valence-electron chi connectivity index (χ4n) is 2.76. The Bertz CT molecular complexity index is 822. The van der Waals surface area contributed by atoms with Crippen molar-refractivity contribution in [1.82, 2.24) is 0 Å². The maximum atomic E-state index is 12.6. The van der Waals surface area contributed by atoms with E-state index in [1.54, 1.807) is 30.3 Å². The smallest absolute Gasteiger partial charge is 0.375 e. The van der Waals surface area contributed by atoms with Crippen LogP contribution in [0.4, 0.5) is 0 Å². The number of carbonyl (C=O) groups is 2. The van der Waals surface area contributed by atoms with Crippen molar-refractivity contribution in [2.75, 3.05) is 7.11 Å². The first kappa shape index (κ1) is 15.6. The first-order valence-electron chi connectivity index (χ1n) is 7.11. The van der Waals surface area contributed by atoms with E-state index in [-0.39, 0.29) is 11.3 Å². The predicted molar refractivity (Wildman–Crippen MR) is 83.9 cm³/mol. The summed E-state index contributed by atoms with van der Waals surface area (Å²) >= 11 is 0. The summed E-state index contributed by atoms with van der Waals surface area (Å²) in [6, 6.07) is 14.0. The molecule has 0 aromatic heterocycles. The van der Waals surface area contributed by atoms with E-state index >= 15 is 0 Å². The molecule has 24 heavy (non-hydrogen) atoms. The van der Waals surface area contributed by atoms with Crippen molar-refractivity contribution < 1.29 is 29.3 Å². The molecular weight excluding hydrogens is 312 g/mol. The van der Waals surface area contributed by atoms with Gasteiger partial charge in [-0.1, -0.05) is 42.5 Å². The SMILES string of the molecule is COC(=O)C1(c2ccccc2)OC(=O)C(O)=C1c1ccc(O)cc1. The van der Waals surface area contributed by atoms with Gasteiger partial charge in [-0.25, -0.2) is 9.59 Å². The number of esters is 2. The number of aromatic hydroxyl groups is 1. The van der Waals surface area contributed by atoms with E-state index in [1.807, 2.05) is 0 Å². The molecule has 2 N–H and O–H groups in total. The van der Waals surface area contributed by atoms with Crippen molar-refractivity contribution in [2.24, 2.45) is 0 Å². The number of hydrogen-bond acceptors (Lipinski definition) is 6. The van der Waals surface area contributed by atoms with E-state index in [2.05, 4.69) is 0 Å². The van der Waals surface area contributed by atoms with Gasteiger partial charge in [0.1, 0.15) is 5.75 Å². The van der Waals surface area contributed by atoms with Crippen LogP contribution in [-0.2, 0) is 24.7 Å². The molecule has 6 nitrogen and oxygen atoms in total. The number of phenols is 1. The van der Waals surface area contributed by atoms with Gasteiger partial charge in [-0.2, -0.15) is 0 Å². The minimum Gasteiger partial charge on any atom is -0.508 e. The number of cyclic esters (lactones) is 1. The zero-order valence-corrected chi connectivity index (χ0v) is 12.7. The Morgan fingerprint density at radius 2 is 1.67 bits per heavy atom. The molecule has 1 aliphatic rings. The van der Waals surface area contributed by atoms with Crippen molar-refractivity contribution in [1.29, 1.82) is 0 Å². The summed E-state index contributed by atoms with van der Waals surface area (Å²) in [5.41, 5.74) is -1.23. The maximum Gasteiger partial charge on any atom is 0.375 e. The van der Waals surface area contributed by atoms with Gasteiger partial charge < -0.3 is 19.7 Å². The number of aliphatic hydroxyl groups is 1. The van der Waals surface area contributed by atoms with Gasteiger partial charge in [0.15, 0.2) is 0 Å². The van der Waals surface area contributed by atoms with Crippen molar-refractivity contribution in [3.63, 3.8) is 0 Å². The van der Waals surface area contributed by atoms with Gasteiger partial charge in [-0.3, -0.25) is 0 Å². The second-order valence-corrected chi connectivity index (χ2v) is 5.20. The van der Waals surface area contributed by atoms with Crippen LogP contribution in [0, 0.1) is 0 Å². The van der Waals surface area contributed by atoms with Crippen LogP contribution in [0.25, 0.3) is 5.57 Å². The molecule has 1 heterocycles. The summed E-state index contributed by atoms with van der Waals surface area (Å²) in [4.78, 5) is 24.6. The molecule has 0 fully saturated rings. The molecule has 0 saturated heterocycles. The summed E-state index contributed by atoms with van der Waals surface area (Å²) in [7, 11) is 1.17. The number of benzene rings is 2. The number of phenolic OH excluding ortho intramolecular Hbond substituents is 1. The third-order valence-electron chi connectivity index (χ3n) is 3.84. The molecule has 0 amide bonds. The molecule has 1 unspecified atom stereocenters. The summed E-state index contributed by atoms with van der Waals surface area (Å²) in [5, 5.41) is 19.7. The number of hydrogen-bond donors (Lipinski definition) is 2. The van der Waals surface area contributed by atoms with Crippen LogP contribution in [0.2, 0.25) is 0 Å². The van der Waals surface area contributed by atoms with E-state index in [4.69, 9.17) is 9.47 Å². The Labute approximate surface area is 137 Å². The first-order valence-corrected chi connectivity index (χ1v) is 7.11. The molecule has 1 aliphatic heterocycles. The molecule has 0 saturated carbocycles. The average Bonchev–Trinajstić information content (AvgIpc) is 2.88. The van der Waals surface area contributed by atoms with Crippen LogP contribution in [0.15, 0.2) is 60.4 Å². The molecule has 2 aromatic carbocycles. The van der Waals surface area contributed by atoms with E-state index in [0.29, 0.717) is 11.1 Å². The number of carbonyl (C=O) groups excluding carboxylic acids is 2. The molecular formula is C18H14O6. The van der Waals surface area contributed by atoms with Gasteiger partial charge in [-0.15, -0.1) is 0 Å². The molecule has 0 spiro atoms. The van der Waals surface area contributed by atoms with E-state index in [1.165, 1.54) is 31.4 Å². The number of aliphatic hydroxyl groups excluding tert-OH is 1. The number of ether oxygens (including phenoxy) is 2. The van der Waals surface area contributed by atoms with Gasteiger partial charge in [0, 0.05) is 5.56 Å². The van der Waals surface area contributed by atoms with Gasteiger partial charge in [0.25, 0.3) is 5.60 Å². The van der Waals surface area contributed by atoms with E-state index < -0.39 is 23.3 Å². The predicted octanol–water partition coefficient (Wildman–Crippen LogP) is 2.29. The van der Waals surface area contributed by atoms with E-state index in [9.17, 15) is 19.8 Å². The quantitative estimate of drug-likeness (QED) is 0.841. The Morgan fingerprint density at radius 3 is 2.25 bits per heavy atom. The lowest BCUT2D eigenvalue weighted by molar-refractivity contribution is -0.170. The Balaban J connectivity index is 2.30.